The van der Waals surface area contributed by atoms with Gasteiger partial charge in [0.05, 0.1) is 0 Å². The number of hydrogen-bond acceptors (Lipinski definition) is 3. The fourth-order valence-electron chi connectivity index (χ4n) is 2.60. The largest absolute Gasteiger partial charge is 0.334 e. The highest BCUT2D eigenvalue weighted by atomic mass is 35.5. The third-order valence-electron chi connectivity index (χ3n) is 3.77. The first-order valence-electron chi connectivity index (χ1n) is 6.74. The molecule has 0 radical (unpaired) electrons. The van der Waals surface area contributed by atoms with Crippen molar-refractivity contribution in [3.63, 3.8) is 0 Å². The molecule has 2 atom stereocenters. The zero-order valence-electron chi connectivity index (χ0n) is 11.9. The monoisotopic (exact) mass is 299 g/mol. The third-order valence-corrected chi connectivity index (χ3v) is 3.77. The maximum absolute atomic E-state index is 12.5. The molecule has 2 N–H and O–H groups in total. The highest BCUT2D eigenvalue weighted by Crippen LogP contribution is 2.21. The van der Waals surface area contributed by atoms with Crippen molar-refractivity contribution in [1.29, 1.82) is 0 Å². The number of halogens is 1. The summed E-state index contributed by atoms with van der Waals surface area (Å²) >= 11 is 0. The van der Waals surface area contributed by atoms with Crippen molar-refractivity contribution < 1.29 is 4.79 Å². The molecule has 6 heteroatoms. The topological polar surface area (TPSA) is 68.3 Å². The van der Waals surface area contributed by atoms with Gasteiger partial charge in [-0.1, -0.05) is 0 Å². The number of carbonyl (C=O) groups is 1. The molecule has 20 heavy (non-hydrogen) atoms. The van der Waals surface area contributed by atoms with Gasteiger partial charge in [-0.05, 0) is 32.3 Å². The van der Waals surface area contributed by atoms with E-state index in [-0.39, 0.29) is 36.0 Å². The summed E-state index contributed by atoms with van der Waals surface area (Å²) < 4.78 is 1.45. The molecular weight excluding hydrogens is 278 g/mol. The van der Waals surface area contributed by atoms with E-state index in [0.717, 1.165) is 25.8 Å². The molecule has 2 rings (SSSR count). The number of likely N-dealkylation sites (tertiary alicyclic amines) is 1. The first-order chi connectivity index (χ1) is 9.00. The summed E-state index contributed by atoms with van der Waals surface area (Å²) in [4.78, 5) is 25.9. The molecule has 2 heterocycles. The molecule has 1 saturated heterocycles. The first-order valence-corrected chi connectivity index (χ1v) is 6.74. The Bertz CT molecular complexity index is 527. The summed E-state index contributed by atoms with van der Waals surface area (Å²) in [7, 11) is 1.67. The summed E-state index contributed by atoms with van der Waals surface area (Å²) in [5, 5.41) is 0. The van der Waals surface area contributed by atoms with E-state index in [1.807, 2.05) is 11.8 Å². The minimum absolute atomic E-state index is 0. The summed E-state index contributed by atoms with van der Waals surface area (Å²) in [5.41, 5.74) is 6.26. The van der Waals surface area contributed by atoms with E-state index in [4.69, 9.17) is 5.73 Å². The predicted molar refractivity (Wildman–Crippen MR) is 81.3 cm³/mol. The quantitative estimate of drug-likeness (QED) is 0.891. The average molecular weight is 300 g/mol. The molecule has 1 aromatic heterocycles. The number of amides is 1. The van der Waals surface area contributed by atoms with Crippen LogP contribution < -0.4 is 11.3 Å². The second kappa shape index (κ2) is 6.90. The van der Waals surface area contributed by atoms with E-state index in [1.54, 1.807) is 19.3 Å². The van der Waals surface area contributed by atoms with Crippen LogP contribution in [0.5, 0.6) is 0 Å². The molecule has 0 saturated carbocycles. The molecule has 2 unspecified atom stereocenters. The standard InChI is InChI=1S/C14H21N3O2.ClH/c1-10(15)12-5-3-4-7-17(12)14(19)11-6-8-16(2)13(18)9-11;/h6,8-10,12H,3-5,7,15H2,1-2H3;1H. The molecule has 0 spiro atoms. The van der Waals surface area contributed by atoms with Gasteiger partial charge in [0.25, 0.3) is 11.5 Å². The van der Waals surface area contributed by atoms with E-state index >= 15 is 0 Å². The summed E-state index contributed by atoms with van der Waals surface area (Å²) in [6, 6.07) is 3.12. The second-order valence-corrected chi connectivity index (χ2v) is 5.29. The lowest BCUT2D eigenvalue weighted by Crippen LogP contribution is -2.51. The lowest BCUT2D eigenvalue weighted by molar-refractivity contribution is 0.0583. The fourth-order valence-corrected chi connectivity index (χ4v) is 2.60. The van der Waals surface area contributed by atoms with Gasteiger partial charge in [0.1, 0.15) is 0 Å². The van der Waals surface area contributed by atoms with Gasteiger partial charge in [-0.3, -0.25) is 9.59 Å². The molecule has 112 valence electrons. The maximum atomic E-state index is 12.5. The minimum Gasteiger partial charge on any atom is -0.334 e. The van der Waals surface area contributed by atoms with Crippen LogP contribution in [0.3, 0.4) is 0 Å². The lowest BCUT2D eigenvalue weighted by atomic mass is 9.96. The van der Waals surface area contributed by atoms with E-state index < -0.39 is 0 Å². The Hall–Kier alpha value is -1.33. The van der Waals surface area contributed by atoms with Crippen molar-refractivity contribution in [2.24, 2.45) is 12.8 Å². The smallest absolute Gasteiger partial charge is 0.254 e. The Balaban J connectivity index is 0.00000200. The highest BCUT2D eigenvalue weighted by Gasteiger charge is 2.29. The Labute approximate surface area is 125 Å². The number of hydrogen-bond donors (Lipinski definition) is 1. The van der Waals surface area contributed by atoms with Crippen molar-refractivity contribution in [1.82, 2.24) is 9.47 Å². The number of rotatable bonds is 2. The van der Waals surface area contributed by atoms with E-state index in [0.29, 0.717) is 5.56 Å². The van der Waals surface area contributed by atoms with E-state index in [9.17, 15) is 9.59 Å². The van der Waals surface area contributed by atoms with Crippen molar-refractivity contribution in [2.45, 2.75) is 38.3 Å². The van der Waals surface area contributed by atoms with Crippen LogP contribution in [0.2, 0.25) is 0 Å². The molecule has 5 nitrogen and oxygen atoms in total. The molecule has 1 fully saturated rings. The Morgan fingerprint density at radius 1 is 1.45 bits per heavy atom. The molecule has 0 aromatic carbocycles. The zero-order valence-corrected chi connectivity index (χ0v) is 12.7. The molecule has 0 bridgehead atoms. The van der Waals surface area contributed by atoms with Crippen molar-refractivity contribution in [2.75, 3.05) is 6.54 Å². The number of pyridine rings is 1. The zero-order chi connectivity index (χ0) is 14.0. The number of aryl methyl sites for hydroxylation is 1. The van der Waals surface area contributed by atoms with Gasteiger partial charge in [0.15, 0.2) is 0 Å². The molecule has 1 aliphatic rings. The van der Waals surface area contributed by atoms with E-state index in [2.05, 4.69) is 0 Å². The third kappa shape index (κ3) is 3.41. The molecular formula is C14H22ClN3O2. The summed E-state index contributed by atoms with van der Waals surface area (Å²) in [6.45, 7) is 2.65. The van der Waals surface area contributed by atoms with Gasteiger partial charge in [0.2, 0.25) is 0 Å². The Kier molecular flexibility index (Phi) is 5.77. The van der Waals surface area contributed by atoms with Crippen LogP contribution in [0.1, 0.15) is 36.5 Å². The van der Waals surface area contributed by atoms with Gasteiger partial charge >= 0.3 is 0 Å². The summed E-state index contributed by atoms with van der Waals surface area (Å²) in [5.74, 6) is -0.0836. The maximum Gasteiger partial charge on any atom is 0.254 e. The van der Waals surface area contributed by atoms with Crippen LogP contribution in [0.4, 0.5) is 0 Å². The lowest BCUT2D eigenvalue weighted by Gasteiger charge is -2.38. The second-order valence-electron chi connectivity index (χ2n) is 5.29. The number of aromatic nitrogens is 1. The van der Waals surface area contributed by atoms with Gasteiger partial charge in [-0.15, -0.1) is 12.4 Å². The van der Waals surface area contributed by atoms with Gasteiger partial charge in [-0.25, -0.2) is 0 Å². The number of nitrogens with two attached hydrogens (primary N) is 1. The highest BCUT2D eigenvalue weighted by molar-refractivity contribution is 5.94. The minimum atomic E-state index is -0.166. The van der Waals surface area contributed by atoms with Gasteiger partial charge in [-0.2, -0.15) is 0 Å². The van der Waals surface area contributed by atoms with Crippen LogP contribution in [-0.2, 0) is 7.05 Å². The fraction of sp³-hybridized carbons (Fsp3) is 0.571. The van der Waals surface area contributed by atoms with Crippen LogP contribution in [0.15, 0.2) is 23.1 Å². The first kappa shape index (κ1) is 16.7. The van der Waals surface area contributed by atoms with Crippen LogP contribution in [-0.4, -0.2) is 34.0 Å². The van der Waals surface area contributed by atoms with Crippen LogP contribution in [0.25, 0.3) is 0 Å². The van der Waals surface area contributed by atoms with Crippen LogP contribution >= 0.6 is 12.4 Å². The molecule has 0 aliphatic carbocycles. The van der Waals surface area contributed by atoms with Gasteiger partial charge in [0, 0.05) is 43.5 Å². The van der Waals surface area contributed by atoms with E-state index in [1.165, 1.54) is 10.6 Å². The average Bonchev–Trinajstić information content (AvgIpc) is 2.41. The normalized spacial score (nSPS) is 20.1. The number of nitrogens with zero attached hydrogens (tertiary/aromatic N) is 2. The SMILES string of the molecule is CC(N)C1CCCCN1C(=O)c1ccn(C)c(=O)c1.Cl. The molecule has 1 aromatic rings. The Morgan fingerprint density at radius 2 is 2.15 bits per heavy atom. The van der Waals surface area contributed by atoms with Gasteiger partial charge < -0.3 is 15.2 Å². The van der Waals surface area contributed by atoms with Crippen molar-refractivity contribution in [3.05, 3.63) is 34.2 Å². The number of carbonyl (C=O) groups excluding carboxylic acids is 1. The molecule has 1 amide bonds. The summed E-state index contributed by atoms with van der Waals surface area (Å²) in [6.07, 6.45) is 4.67. The molecule has 1 aliphatic heterocycles. The van der Waals surface area contributed by atoms with Crippen LogP contribution in [0, 0.1) is 0 Å². The Morgan fingerprint density at radius 3 is 2.75 bits per heavy atom. The predicted octanol–water partition coefficient (Wildman–Crippen LogP) is 1.15. The van der Waals surface area contributed by atoms with Crippen molar-refractivity contribution in [3.8, 4) is 0 Å². The van der Waals surface area contributed by atoms with Crippen molar-refractivity contribution >= 4 is 18.3 Å². The number of piperidine rings is 1.